The molecule has 2 aliphatic rings. The molecule has 2 fully saturated rings. The van der Waals surface area contributed by atoms with Crippen LogP contribution in [0.15, 0.2) is 0 Å². The standard InChI is InChI=1S/C14H24N2O3/c1-11(14(18)19-2)15-9-5-12(6-10-15)13(17)16-7-3-4-8-16/h11-12H,3-10H2,1-2H3. The second-order valence-electron chi connectivity index (χ2n) is 5.54. The number of amides is 1. The Balaban J connectivity index is 1.81. The number of esters is 1. The maximum atomic E-state index is 12.3. The maximum Gasteiger partial charge on any atom is 0.322 e. The number of ether oxygens (including phenoxy) is 1. The lowest BCUT2D eigenvalue weighted by molar-refractivity contribution is -0.147. The molecular formula is C14H24N2O3. The molecule has 0 aliphatic carbocycles. The highest BCUT2D eigenvalue weighted by Gasteiger charge is 2.32. The van der Waals surface area contributed by atoms with Gasteiger partial charge in [0, 0.05) is 19.0 Å². The Labute approximate surface area is 114 Å². The summed E-state index contributed by atoms with van der Waals surface area (Å²) < 4.78 is 4.77. The number of nitrogens with zero attached hydrogens (tertiary/aromatic N) is 2. The van der Waals surface area contributed by atoms with E-state index < -0.39 is 0 Å². The molecule has 0 N–H and O–H groups in total. The van der Waals surface area contributed by atoms with E-state index in [4.69, 9.17) is 4.74 Å². The van der Waals surface area contributed by atoms with Crippen molar-refractivity contribution in [2.45, 2.75) is 38.6 Å². The summed E-state index contributed by atoms with van der Waals surface area (Å²) in [5.74, 6) is 0.284. The molecule has 0 saturated carbocycles. The van der Waals surface area contributed by atoms with Gasteiger partial charge in [-0.05, 0) is 45.7 Å². The van der Waals surface area contributed by atoms with Gasteiger partial charge in [-0.1, -0.05) is 0 Å². The van der Waals surface area contributed by atoms with Gasteiger partial charge in [0.05, 0.1) is 7.11 Å². The predicted molar refractivity (Wildman–Crippen MR) is 71.6 cm³/mol. The van der Waals surface area contributed by atoms with Crippen LogP contribution < -0.4 is 0 Å². The summed E-state index contributed by atoms with van der Waals surface area (Å²) in [6.45, 7) is 5.34. The summed E-state index contributed by atoms with van der Waals surface area (Å²) >= 11 is 0. The summed E-state index contributed by atoms with van der Waals surface area (Å²) in [6, 6.07) is -0.201. The SMILES string of the molecule is COC(=O)C(C)N1CCC(C(=O)N2CCCC2)CC1. The molecule has 1 atom stereocenters. The Morgan fingerprint density at radius 2 is 1.68 bits per heavy atom. The number of rotatable bonds is 3. The van der Waals surface area contributed by atoms with Crippen LogP contribution in [-0.4, -0.2) is 61.0 Å². The highest BCUT2D eigenvalue weighted by molar-refractivity contribution is 5.79. The number of hydrogen-bond acceptors (Lipinski definition) is 4. The van der Waals surface area contributed by atoms with Crippen molar-refractivity contribution in [1.29, 1.82) is 0 Å². The molecular weight excluding hydrogens is 244 g/mol. The highest BCUT2D eigenvalue weighted by atomic mass is 16.5. The number of carbonyl (C=O) groups excluding carboxylic acids is 2. The lowest BCUT2D eigenvalue weighted by Gasteiger charge is -2.35. The fraction of sp³-hybridized carbons (Fsp3) is 0.857. The van der Waals surface area contributed by atoms with E-state index in [2.05, 4.69) is 4.90 Å². The van der Waals surface area contributed by atoms with E-state index >= 15 is 0 Å². The van der Waals surface area contributed by atoms with Crippen molar-refractivity contribution >= 4 is 11.9 Å². The minimum atomic E-state index is -0.201. The molecule has 0 bridgehead atoms. The van der Waals surface area contributed by atoms with Gasteiger partial charge in [-0.3, -0.25) is 14.5 Å². The topological polar surface area (TPSA) is 49.9 Å². The van der Waals surface area contributed by atoms with Gasteiger partial charge < -0.3 is 9.64 Å². The van der Waals surface area contributed by atoms with Gasteiger partial charge in [-0.2, -0.15) is 0 Å². The summed E-state index contributed by atoms with van der Waals surface area (Å²) in [7, 11) is 1.42. The zero-order chi connectivity index (χ0) is 13.8. The second kappa shape index (κ2) is 6.37. The number of piperidine rings is 1. The fourth-order valence-electron chi connectivity index (χ4n) is 3.05. The molecule has 1 unspecified atom stereocenters. The third kappa shape index (κ3) is 3.26. The summed E-state index contributed by atoms with van der Waals surface area (Å²) in [6.07, 6.45) is 4.00. The Morgan fingerprint density at radius 3 is 2.21 bits per heavy atom. The number of methoxy groups -OCH3 is 1. The van der Waals surface area contributed by atoms with Crippen molar-refractivity contribution < 1.29 is 14.3 Å². The molecule has 19 heavy (non-hydrogen) atoms. The van der Waals surface area contributed by atoms with E-state index in [1.807, 2.05) is 11.8 Å². The smallest absolute Gasteiger partial charge is 0.322 e. The monoisotopic (exact) mass is 268 g/mol. The first-order chi connectivity index (χ1) is 9.13. The lowest BCUT2D eigenvalue weighted by Crippen LogP contribution is -2.47. The van der Waals surface area contributed by atoms with Crippen LogP contribution >= 0.6 is 0 Å². The van der Waals surface area contributed by atoms with Crippen molar-refractivity contribution in [3.63, 3.8) is 0 Å². The predicted octanol–water partition coefficient (Wildman–Crippen LogP) is 0.882. The van der Waals surface area contributed by atoms with Crippen LogP contribution in [-0.2, 0) is 14.3 Å². The normalized spacial score (nSPS) is 23.4. The quantitative estimate of drug-likeness (QED) is 0.713. The van der Waals surface area contributed by atoms with Crippen LogP contribution in [0.2, 0.25) is 0 Å². The number of carbonyl (C=O) groups is 2. The molecule has 0 aromatic carbocycles. The molecule has 5 heteroatoms. The molecule has 2 rings (SSSR count). The summed E-state index contributed by atoms with van der Waals surface area (Å²) in [5, 5.41) is 0. The molecule has 2 saturated heterocycles. The van der Waals surface area contributed by atoms with Crippen LogP contribution in [0.3, 0.4) is 0 Å². The van der Waals surface area contributed by atoms with E-state index in [-0.39, 0.29) is 17.9 Å². The van der Waals surface area contributed by atoms with Crippen molar-refractivity contribution in [2.75, 3.05) is 33.3 Å². The zero-order valence-electron chi connectivity index (χ0n) is 11.9. The van der Waals surface area contributed by atoms with Crippen LogP contribution in [0, 0.1) is 5.92 Å². The van der Waals surface area contributed by atoms with E-state index in [0.29, 0.717) is 5.91 Å². The summed E-state index contributed by atoms with van der Waals surface area (Å²) in [5.41, 5.74) is 0. The molecule has 2 heterocycles. The van der Waals surface area contributed by atoms with E-state index in [1.165, 1.54) is 7.11 Å². The van der Waals surface area contributed by atoms with E-state index in [9.17, 15) is 9.59 Å². The molecule has 5 nitrogen and oxygen atoms in total. The first-order valence-electron chi connectivity index (χ1n) is 7.24. The van der Waals surface area contributed by atoms with Crippen molar-refractivity contribution in [1.82, 2.24) is 9.80 Å². The minimum Gasteiger partial charge on any atom is -0.468 e. The van der Waals surface area contributed by atoms with E-state index in [0.717, 1.165) is 51.9 Å². The Morgan fingerprint density at radius 1 is 1.11 bits per heavy atom. The molecule has 0 aromatic heterocycles. The Hall–Kier alpha value is -1.10. The number of likely N-dealkylation sites (tertiary alicyclic amines) is 2. The zero-order valence-corrected chi connectivity index (χ0v) is 11.9. The second-order valence-corrected chi connectivity index (χ2v) is 5.54. The van der Waals surface area contributed by atoms with Crippen LogP contribution in [0.5, 0.6) is 0 Å². The molecule has 0 radical (unpaired) electrons. The van der Waals surface area contributed by atoms with Crippen LogP contribution in [0.4, 0.5) is 0 Å². The minimum absolute atomic E-state index is 0.152. The third-order valence-electron chi connectivity index (χ3n) is 4.39. The molecule has 0 spiro atoms. The lowest BCUT2D eigenvalue weighted by atomic mass is 9.94. The van der Waals surface area contributed by atoms with Gasteiger partial charge in [-0.15, -0.1) is 0 Å². The molecule has 1 amide bonds. The van der Waals surface area contributed by atoms with Gasteiger partial charge in [0.15, 0.2) is 0 Å². The first-order valence-corrected chi connectivity index (χ1v) is 7.24. The number of hydrogen-bond donors (Lipinski definition) is 0. The maximum absolute atomic E-state index is 12.3. The van der Waals surface area contributed by atoms with Crippen LogP contribution in [0.25, 0.3) is 0 Å². The van der Waals surface area contributed by atoms with Crippen molar-refractivity contribution in [3.05, 3.63) is 0 Å². The molecule has 108 valence electrons. The van der Waals surface area contributed by atoms with Gasteiger partial charge in [0.25, 0.3) is 0 Å². The molecule has 0 aromatic rings. The fourth-order valence-corrected chi connectivity index (χ4v) is 3.05. The van der Waals surface area contributed by atoms with Crippen molar-refractivity contribution in [2.24, 2.45) is 5.92 Å². The van der Waals surface area contributed by atoms with Gasteiger partial charge in [0.1, 0.15) is 6.04 Å². The van der Waals surface area contributed by atoms with E-state index in [1.54, 1.807) is 0 Å². The van der Waals surface area contributed by atoms with Gasteiger partial charge in [-0.25, -0.2) is 0 Å². The van der Waals surface area contributed by atoms with Crippen molar-refractivity contribution in [3.8, 4) is 0 Å². The third-order valence-corrected chi connectivity index (χ3v) is 4.39. The van der Waals surface area contributed by atoms with Gasteiger partial charge >= 0.3 is 5.97 Å². The summed E-state index contributed by atoms with van der Waals surface area (Å²) in [4.78, 5) is 27.9. The highest BCUT2D eigenvalue weighted by Crippen LogP contribution is 2.23. The average molecular weight is 268 g/mol. The first kappa shape index (κ1) is 14.3. The molecule has 2 aliphatic heterocycles. The average Bonchev–Trinajstić information content (AvgIpc) is 2.99. The van der Waals surface area contributed by atoms with Gasteiger partial charge in [0.2, 0.25) is 5.91 Å². The van der Waals surface area contributed by atoms with Crippen LogP contribution in [0.1, 0.15) is 32.6 Å². The Kier molecular flexibility index (Phi) is 4.80. The largest absolute Gasteiger partial charge is 0.468 e. The Bertz CT molecular complexity index is 332.